The summed E-state index contributed by atoms with van der Waals surface area (Å²) in [5.74, 6) is 2.50. The molecule has 3 aromatic heterocycles. The molecular weight excluding hydrogens is 360 g/mol. The van der Waals surface area contributed by atoms with Gasteiger partial charge in [0.15, 0.2) is 22.8 Å². The Labute approximate surface area is 160 Å². The average Bonchev–Trinajstić information content (AvgIpc) is 3.04. The first-order valence-corrected chi connectivity index (χ1v) is 9.40. The van der Waals surface area contributed by atoms with E-state index in [0.29, 0.717) is 31.1 Å². The third-order valence-corrected chi connectivity index (χ3v) is 5.78. The van der Waals surface area contributed by atoms with E-state index in [9.17, 15) is 0 Å². The van der Waals surface area contributed by atoms with Crippen LogP contribution in [-0.2, 0) is 21.6 Å². The number of imidazole rings is 1. The molecule has 2 atom stereocenters. The van der Waals surface area contributed by atoms with Crippen molar-refractivity contribution in [1.82, 2.24) is 29.5 Å². The van der Waals surface area contributed by atoms with E-state index in [1.165, 1.54) is 0 Å². The lowest BCUT2D eigenvalue weighted by Gasteiger charge is -2.55. The SMILES string of the molecule is CC1(C)OCCn2c1nc1c(N3CC4OCC43)nc(-c3cnc(N)nc3)nc12. The lowest BCUT2D eigenvalue weighted by molar-refractivity contribution is -0.113. The molecule has 6 heterocycles. The number of nitrogen functional groups attached to an aromatic ring is 1. The standard InChI is InChI=1S/C18H20N8O2/c1-18(2)16-22-12-14(25(16)3-4-28-18)23-13(9-5-20-17(19)21-6-9)24-15(12)26-7-11-10(26)8-27-11/h5-6,10-11H,3-4,7-8H2,1-2H3,(H2,19,20,21). The number of nitrogens with two attached hydrogens (primary N) is 1. The van der Waals surface area contributed by atoms with Gasteiger partial charge in [-0.15, -0.1) is 0 Å². The minimum Gasteiger partial charge on any atom is -0.372 e. The molecule has 2 unspecified atom stereocenters. The summed E-state index contributed by atoms with van der Waals surface area (Å²) in [5, 5.41) is 0. The highest BCUT2D eigenvalue weighted by atomic mass is 16.5. The van der Waals surface area contributed by atoms with Crippen LogP contribution in [0.3, 0.4) is 0 Å². The van der Waals surface area contributed by atoms with E-state index in [0.717, 1.165) is 41.5 Å². The van der Waals surface area contributed by atoms with Gasteiger partial charge in [-0.2, -0.15) is 0 Å². The summed E-state index contributed by atoms with van der Waals surface area (Å²) in [6.45, 7) is 6.93. The maximum Gasteiger partial charge on any atom is 0.219 e. The molecule has 10 heteroatoms. The van der Waals surface area contributed by atoms with Crippen LogP contribution < -0.4 is 10.6 Å². The number of morpholine rings is 1. The third kappa shape index (κ3) is 2.12. The number of ether oxygens (including phenoxy) is 2. The Morgan fingerprint density at radius 2 is 2.00 bits per heavy atom. The highest BCUT2D eigenvalue weighted by molar-refractivity contribution is 5.87. The van der Waals surface area contributed by atoms with Crippen LogP contribution in [0.15, 0.2) is 12.4 Å². The molecule has 10 nitrogen and oxygen atoms in total. The molecule has 144 valence electrons. The Morgan fingerprint density at radius 1 is 1.18 bits per heavy atom. The minimum atomic E-state index is -0.474. The lowest BCUT2D eigenvalue weighted by Crippen LogP contribution is -2.71. The Bertz CT molecular complexity index is 1090. The van der Waals surface area contributed by atoms with Crippen LogP contribution in [0.1, 0.15) is 19.7 Å². The van der Waals surface area contributed by atoms with Gasteiger partial charge in [-0.3, -0.25) is 0 Å². The Kier molecular flexibility index (Phi) is 3.09. The fourth-order valence-electron chi connectivity index (χ4n) is 4.12. The van der Waals surface area contributed by atoms with Gasteiger partial charge in [0.25, 0.3) is 0 Å². The quantitative estimate of drug-likeness (QED) is 0.686. The van der Waals surface area contributed by atoms with Crippen molar-refractivity contribution >= 4 is 22.9 Å². The zero-order valence-electron chi connectivity index (χ0n) is 15.7. The summed E-state index contributed by atoms with van der Waals surface area (Å²) in [7, 11) is 0. The largest absolute Gasteiger partial charge is 0.372 e. The molecule has 2 fully saturated rings. The first kappa shape index (κ1) is 16.1. The third-order valence-electron chi connectivity index (χ3n) is 5.78. The first-order valence-electron chi connectivity index (χ1n) is 9.40. The number of anilines is 2. The van der Waals surface area contributed by atoms with E-state index >= 15 is 0 Å². The van der Waals surface area contributed by atoms with Gasteiger partial charge in [-0.25, -0.2) is 24.9 Å². The van der Waals surface area contributed by atoms with Crippen LogP contribution in [0.4, 0.5) is 11.8 Å². The molecule has 0 aliphatic carbocycles. The second-order valence-electron chi connectivity index (χ2n) is 7.91. The summed E-state index contributed by atoms with van der Waals surface area (Å²) in [5.41, 5.74) is 7.50. The summed E-state index contributed by atoms with van der Waals surface area (Å²) in [4.78, 5) is 25.0. The van der Waals surface area contributed by atoms with E-state index in [2.05, 4.69) is 19.4 Å². The predicted molar refractivity (Wildman–Crippen MR) is 101 cm³/mol. The second kappa shape index (κ2) is 5.36. The summed E-state index contributed by atoms with van der Waals surface area (Å²) >= 11 is 0. The van der Waals surface area contributed by atoms with E-state index < -0.39 is 5.60 Å². The highest BCUT2D eigenvalue weighted by Gasteiger charge is 2.49. The maximum absolute atomic E-state index is 5.94. The van der Waals surface area contributed by atoms with Crippen LogP contribution in [0.25, 0.3) is 22.6 Å². The van der Waals surface area contributed by atoms with Gasteiger partial charge < -0.3 is 24.7 Å². The summed E-state index contributed by atoms with van der Waals surface area (Å²) < 4.78 is 13.7. The molecule has 2 N–H and O–H groups in total. The zero-order chi connectivity index (χ0) is 19.0. The number of nitrogens with zero attached hydrogens (tertiary/aromatic N) is 7. The molecule has 28 heavy (non-hydrogen) atoms. The molecule has 0 spiro atoms. The van der Waals surface area contributed by atoms with Crippen LogP contribution >= 0.6 is 0 Å². The Hall–Kier alpha value is -2.85. The zero-order valence-corrected chi connectivity index (χ0v) is 15.7. The highest BCUT2D eigenvalue weighted by Crippen LogP contribution is 2.40. The second-order valence-corrected chi connectivity index (χ2v) is 7.91. The number of fused-ring (bicyclic) bond motifs is 4. The predicted octanol–water partition coefficient (Wildman–Crippen LogP) is 0.718. The molecule has 0 radical (unpaired) electrons. The topological polar surface area (TPSA) is 117 Å². The molecule has 0 bridgehead atoms. The number of hydrogen-bond acceptors (Lipinski definition) is 9. The van der Waals surface area contributed by atoms with Crippen molar-refractivity contribution in [3.8, 4) is 11.4 Å². The average molecular weight is 380 g/mol. The van der Waals surface area contributed by atoms with E-state index in [-0.39, 0.29) is 5.95 Å². The van der Waals surface area contributed by atoms with Crippen molar-refractivity contribution in [1.29, 1.82) is 0 Å². The Morgan fingerprint density at radius 3 is 2.68 bits per heavy atom. The molecule has 3 aliphatic heterocycles. The van der Waals surface area contributed by atoms with Gasteiger partial charge in [0.05, 0.1) is 30.9 Å². The van der Waals surface area contributed by atoms with Crippen molar-refractivity contribution in [2.24, 2.45) is 0 Å². The van der Waals surface area contributed by atoms with Crippen LogP contribution in [-0.4, -0.2) is 61.4 Å². The molecule has 0 aromatic carbocycles. The van der Waals surface area contributed by atoms with E-state index in [1.54, 1.807) is 12.4 Å². The number of aromatic nitrogens is 6. The van der Waals surface area contributed by atoms with E-state index in [1.807, 2.05) is 13.8 Å². The van der Waals surface area contributed by atoms with Gasteiger partial charge in [0.2, 0.25) is 5.95 Å². The fraction of sp³-hybridized carbons (Fsp3) is 0.500. The van der Waals surface area contributed by atoms with Crippen LogP contribution in [0, 0.1) is 0 Å². The van der Waals surface area contributed by atoms with Crippen LogP contribution in [0.5, 0.6) is 0 Å². The fourth-order valence-corrected chi connectivity index (χ4v) is 4.12. The molecule has 0 saturated carbocycles. The normalized spacial score (nSPS) is 25.0. The van der Waals surface area contributed by atoms with Gasteiger partial charge in [0.1, 0.15) is 11.4 Å². The first-order chi connectivity index (χ1) is 13.5. The smallest absolute Gasteiger partial charge is 0.219 e. The molecular formula is C18H20N8O2. The number of rotatable bonds is 2. The summed E-state index contributed by atoms with van der Waals surface area (Å²) in [6.07, 6.45) is 3.60. The van der Waals surface area contributed by atoms with Crippen molar-refractivity contribution in [3.63, 3.8) is 0 Å². The molecule has 3 aliphatic rings. The minimum absolute atomic E-state index is 0.225. The van der Waals surface area contributed by atoms with E-state index in [4.69, 9.17) is 30.2 Å². The lowest BCUT2D eigenvalue weighted by atomic mass is 9.95. The molecule has 0 amide bonds. The molecule has 3 aromatic rings. The maximum atomic E-state index is 5.94. The molecule has 6 rings (SSSR count). The van der Waals surface area contributed by atoms with Crippen LogP contribution in [0.2, 0.25) is 0 Å². The van der Waals surface area contributed by atoms with Gasteiger partial charge in [0, 0.05) is 25.5 Å². The monoisotopic (exact) mass is 380 g/mol. The van der Waals surface area contributed by atoms with Crippen molar-refractivity contribution < 1.29 is 9.47 Å². The molecule has 2 saturated heterocycles. The van der Waals surface area contributed by atoms with Crippen molar-refractivity contribution in [2.75, 3.05) is 30.4 Å². The van der Waals surface area contributed by atoms with Gasteiger partial charge in [-0.1, -0.05) is 0 Å². The van der Waals surface area contributed by atoms with Gasteiger partial charge in [-0.05, 0) is 13.8 Å². The van der Waals surface area contributed by atoms with Gasteiger partial charge >= 0.3 is 0 Å². The Balaban J connectivity index is 1.58. The number of hydrogen-bond donors (Lipinski definition) is 1. The van der Waals surface area contributed by atoms with Crippen molar-refractivity contribution in [3.05, 3.63) is 18.2 Å². The summed E-state index contributed by atoms with van der Waals surface area (Å²) in [6, 6.07) is 0.358. The van der Waals surface area contributed by atoms with Crippen molar-refractivity contribution in [2.45, 2.75) is 38.1 Å².